The van der Waals surface area contributed by atoms with Crippen molar-refractivity contribution in [2.75, 3.05) is 32.0 Å². The fourth-order valence-corrected chi connectivity index (χ4v) is 1.65. The lowest BCUT2D eigenvalue weighted by Gasteiger charge is -2.16. The van der Waals surface area contributed by atoms with Crippen LogP contribution in [-0.2, 0) is 0 Å². The highest BCUT2D eigenvalue weighted by molar-refractivity contribution is 5.59. The SMILES string of the molecule is CCN(C)CCNc1cc(C)nc(C)c1C#N. The molecule has 0 saturated carbocycles. The Morgan fingerprint density at radius 1 is 1.47 bits per heavy atom. The van der Waals surface area contributed by atoms with Gasteiger partial charge in [-0.3, -0.25) is 4.98 Å². The van der Waals surface area contributed by atoms with E-state index in [1.165, 1.54) is 0 Å². The zero-order valence-electron chi connectivity index (χ0n) is 11.0. The van der Waals surface area contributed by atoms with Crippen LogP contribution in [0.5, 0.6) is 0 Å². The van der Waals surface area contributed by atoms with Gasteiger partial charge in [-0.2, -0.15) is 5.26 Å². The van der Waals surface area contributed by atoms with Crippen LogP contribution in [0.1, 0.15) is 23.9 Å². The van der Waals surface area contributed by atoms with E-state index < -0.39 is 0 Å². The van der Waals surface area contributed by atoms with Gasteiger partial charge in [0.05, 0.1) is 16.9 Å². The van der Waals surface area contributed by atoms with Crippen molar-refractivity contribution in [2.45, 2.75) is 20.8 Å². The van der Waals surface area contributed by atoms with Crippen LogP contribution in [0, 0.1) is 25.2 Å². The number of nitrogens with one attached hydrogen (secondary N) is 1. The molecule has 17 heavy (non-hydrogen) atoms. The molecule has 0 aliphatic heterocycles. The van der Waals surface area contributed by atoms with Crippen LogP contribution in [0.25, 0.3) is 0 Å². The molecule has 1 aromatic rings. The Bertz CT molecular complexity index is 420. The number of nitrogens with zero attached hydrogens (tertiary/aromatic N) is 3. The third-order valence-corrected chi connectivity index (χ3v) is 2.79. The van der Waals surface area contributed by atoms with Gasteiger partial charge >= 0.3 is 0 Å². The molecular formula is C13H20N4. The third-order valence-electron chi connectivity index (χ3n) is 2.79. The van der Waals surface area contributed by atoms with E-state index in [0.717, 1.165) is 36.7 Å². The summed E-state index contributed by atoms with van der Waals surface area (Å²) in [6, 6.07) is 4.13. The Morgan fingerprint density at radius 3 is 2.76 bits per heavy atom. The minimum Gasteiger partial charge on any atom is -0.383 e. The van der Waals surface area contributed by atoms with Gasteiger partial charge in [0.25, 0.3) is 0 Å². The Morgan fingerprint density at radius 2 is 2.18 bits per heavy atom. The van der Waals surface area contributed by atoms with Crippen LogP contribution in [0.4, 0.5) is 5.69 Å². The van der Waals surface area contributed by atoms with Crippen molar-refractivity contribution >= 4 is 5.69 Å². The smallest absolute Gasteiger partial charge is 0.103 e. The Labute approximate surface area is 103 Å². The monoisotopic (exact) mass is 232 g/mol. The van der Waals surface area contributed by atoms with Crippen LogP contribution in [-0.4, -0.2) is 36.6 Å². The fourth-order valence-electron chi connectivity index (χ4n) is 1.65. The highest BCUT2D eigenvalue weighted by Gasteiger charge is 2.07. The zero-order valence-corrected chi connectivity index (χ0v) is 11.0. The molecular weight excluding hydrogens is 212 g/mol. The third kappa shape index (κ3) is 3.72. The van der Waals surface area contributed by atoms with E-state index in [4.69, 9.17) is 5.26 Å². The number of rotatable bonds is 5. The number of pyridine rings is 1. The largest absolute Gasteiger partial charge is 0.383 e. The maximum absolute atomic E-state index is 9.10. The first-order chi connectivity index (χ1) is 8.08. The molecule has 0 radical (unpaired) electrons. The van der Waals surface area contributed by atoms with Gasteiger partial charge < -0.3 is 10.2 Å². The second-order valence-electron chi connectivity index (χ2n) is 4.21. The molecule has 1 heterocycles. The highest BCUT2D eigenvalue weighted by atomic mass is 15.1. The van der Waals surface area contributed by atoms with E-state index in [-0.39, 0.29) is 0 Å². The molecule has 4 nitrogen and oxygen atoms in total. The van der Waals surface area contributed by atoms with Gasteiger partial charge in [-0.15, -0.1) is 0 Å². The summed E-state index contributed by atoms with van der Waals surface area (Å²) in [7, 11) is 2.08. The molecule has 1 rings (SSSR count). The number of hydrogen-bond acceptors (Lipinski definition) is 4. The van der Waals surface area contributed by atoms with Gasteiger partial charge in [-0.05, 0) is 33.5 Å². The maximum atomic E-state index is 9.10. The summed E-state index contributed by atoms with van der Waals surface area (Å²) >= 11 is 0. The molecule has 0 bridgehead atoms. The molecule has 0 aliphatic carbocycles. The minimum atomic E-state index is 0.648. The first kappa shape index (κ1) is 13.5. The minimum absolute atomic E-state index is 0.648. The molecule has 1 aromatic heterocycles. The summed E-state index contributed by atoms with van der Waals surface area (Å²) < 4.78 is 0. The lowest BCUT2D eigenvalue weighted by atomic mass is 10.1. The summed E-state index contributed by atoms with van der Waals surface area (Å²) in [6.45, 7) is 8.76. The Hall–Kier alpha value is -1.60. The lowest BCUT2D eigenvalue weighted by molar-refractivity contribution is 0.367. The van der Waals surface area contributed by atoms with E-state index >= 15 is 0 Å². The predicted molar refractivity (Wildman–Crippen MR) is 70.1 cm³/mol. The van der Waals surface area contributed by atoms with E-state index in [9.17, 15) is 0 Å². The molecule has 4 heteroatoms. The van der Waals surface area contributed by atoms with Crippen LogP contribution < -0.4 is 5.32 Å². The summed E-state index contributed by atoms with van der Waals surface area (Å²) in [6.07, 6.45) is 0. The second-order valence-corrected chi connectivity index (χ2v) is 4.21. The van der Waals surface area contributed by atoms with E-state index in [1.807, 2.05) is 19.9 Å². The number of anilines is 1. The quantitative estimate of drug-likeness (QED) is 0.843. The fraction of sp³-hybridized carbons (Fsp3) is 0.538. The average Bonchev–Trinajstić information content (AvgIpc) is 2.28. The van der Waals surface area contributed by atoms with Crippen molar-refractivity contribution in [3.63, 3.8) is 0 Å². The van der Waals surface area contributed by atoms with Crippen LogP contribution >= 0.6 is 0 Å². The molecule has 92 valence electrons. The number of likely N-dealkylation sites (N-methyl/N-ethyl adjacent to an activating group) is 1. The van der Waals surface area contributed by atoms with Crippen LogP contribution in [0.15, 0.2) is 6.07 Å². The van der Waals surface area contributed by atoms with E-state index in [0.29, 0.717) is 5.56 Å². The van der Waals surface area contributed by atoms with Crippen LogP contribution in [0.2, 0.25) is 0 Å². The normalized spacial score (nSPS) is 10.4. The van der Waals surface area contributed by atoms with Crippen molar-refractivity contribution in [2.24, 2.45) is 0 Å². The van der Waals surface area contributed by atoms with Gasteiger partial charge in [0.15, 0.2) is 0 Å². The molecule has 0 saturated heterocycles. The predicted octanol–water partition coefficient (Wildman–Crippen LogP) is 1.93. The van der Waals surface area contributed by atoms with Crippen LogP contribution in [0.3, 0.4) is 0 Å². The van der Waals surface area contributed by atoms with Gasteiger partial charge in [0.2, 0.25) is 0 Å². The summed E-state index contributed by atoms with van der Waals surface area (Å²) in [5.41, 5.74) is 3.27. The van der Waals surface area contributed by atoms with Gasteiger partial charge in [0.1, 0.15) is 6.07 Å². The van der Waals surface area contributed by atoms with E-state index in [1.54, 1.807) is 0 Å². The highest BCUT2D eigenvalue weighted by Crippen LogP contribution is 2.18. The number of aryl methyl sites for hydroxylation is 2. The maximum Gasteiger partial charge on any atom is 0.103 e. The summed E-state index contributed by atoms with van der Waals surface area (Å²) in [5, 5.41) is 12.4. The topological polar surface area (TPSA) is 52.0 Å². The number of hydrogen-bond donors (Lipinski definition) is 1. The van der Waals surface area contributed by atoms with Crippen molar-refractivity contribution < 1.29 is 0 Å². The lowest BCUT2D eigenvalue weighted by Crippen LogP contribution is -2.25. The first-order valence-corrected chi connectivity index (χ1v) is 5.89. The number of aromatic nitrogens is 1. The Balaban J connectivity index is 2.74. The summed E-state index contributed by atoms with van der Waals surface area (Å²) in [5.74, 6) is 0. The Kier molecular flexibility index (Phi) is 4.92. The van der Waals surface area contributed by atoms with Gasteiger partial charge in [-0.1, -0.05) is 6.92 Å². The van der Waals surface area contributed by atoms with Crippen molar-refractivity contribution in [1.29, 1.82) is 5.26 Å². The first-order valence-electron chi connectivity index (χ1n) is 5.89. The molecule has 0 unspecified atom stereocenters. The molecule has 0 atom stereocenters. The standard InChI is InChI=1S/C13H20N4/c1-5-17(4)7-6-15-13-8-10(2)16-11(3)12(13)9-14/h8H,5-7H2,1-4H3,(H,15,16). The molecule has 0 fully saturated rings. The van der Waals surface area contributed by atoms with Gasteiger partial charge in [-0.25, -0.2) is 0 Å². The average molecular weight is 232 g/mol. The molecule has 0 aliphatic rings. The van der Waals surface area contributed by atoms with E-state index in [2.05, 4.69) is 35.2 Å². The van der Waals surface area contributed by atoms with Gasteiger partial charge in [0, 0.05) is 18.8 Å². The molecule has 0 amide bonds. The van der Waals surface area contributed by atoms with Crippen molar-refractivity contribution in [3.8, 4) is 6.07 Å². The van der Waals surface area contributed by atoms with Crippen molar-refractivity contribution in [1.82, 2.24) is 9.88 Å². The molecule has 0 aromatic carbocycles. The zero-order chi connectivity index (χ0) is 12.8. The van der Waals surface area contributed by atoms with Crippen molar-refractivity contribution in [3.05, 3.63) is 23.0 Å². The summed E-state index contributed by atoms with van der Waals surface area (Å²) in [4.78, 5) is 6.51. The number of nitriles is 1. The molecule has 0 spiro atoms. The second kappa shape index (κ2) is 6.21. The molecule has 1 N–H and O–H groups in total.